The summed E-state index contributed by atoms with van der Waals surface area (Å²) >= 11 is 0. The Morgan fingerprint density at radius 2 is 1.70 bits per heavy atom. The monoisotopic (exact) mass is 307 g/mol. The number of rotatable bonds is 6. The zero-order valence-corrected chi connectivity index (χ0v) is 13.6. The highest BCUT2D eigenvalue weighted by Crippen LogP contribution is 2.25. The molecule has 3 rings (SSSR count). The van der Waals surface area contributed by atoms with E-state index in [1.54, 1.807) is 7.11 Å². The van der Waals surface area contributed by atoms with Gasteiger partial charge >= 0.3 is 0 Å². The molecule has 0 unspecified atom stereocenters. The van der Waals surface area contributed by atoms with Gasteiger partial charge in [-0.15, -0.1) is 10.2 Å². The van der Waals surface area contributed by atoms with Gasteiger partial charge in [0.25, 0.3) is 0 Å². The quantitative estimate of drug-likeness (QED) is 0.700. The van der Waals surface area contributed by atoms with E-state index in [2.05, 4.69) is 63.3 Å². The molecule has 2 aromatic carbocycles. The Kier molecular flexibility index (Phi) is 4.83. The molecule has 0 amide bonds. The van der Waals surface area contributed by atoms with Crippen molar-refractivity contribution in [2.75, 3.05) is 13.7 Å². The number of nitrogens with zero attached hydrogens (tertiary/aromatic N) is 3. The minimum absolute atomic E-state index is 0.659. The lowest BCUT2D eigenvalue weighted by molar-refractivity contribution is 0.185. The average molecular weight is 307 g/mol. The van der Waals surface area contributed by atoms with Gasteiger partial charge in [-0.1, -0.05) is 54.6 Å². The molecular weight excluding hydrogens is 286 g/mol. The Bertz CT molecular complexity index is 765. The molecule has 0 aliphatic carbocycles. The van der Waals surface area contributed by atoms with Crippen LogP contribution in [0.15, 0.2) is 54.6 Å². The first-order valence-electron chi connectivity index (χ1n) is 7.80. The third-order valence-corrected chi connectivity index (χ3v) is 3.98. The van der Waals surface area contributed by atoms with Crippen LogP contribution >= 0.6 is 0 Å². The number of methoxy groups -OCH3 is 1. The van der Waals surface area contributed by atoms with Crippen LogP contribution in [-0.2, 0) is 17.7 Å². The summed E-state index contributed by atoms with van der Waals surface area (Å²) in [4.78, 5) is 0. The molecule has 0 atom stereocenters. The van der Waals surface area contributed by atoms with Crippen LogP contribution in [0.25, 0.3) is 11.1 Å². The van der Waals surface area contributed by atoms with Gasteiger partial charge in [-0.2, -0.15) is 0 Å². The number of ether oxygens (including phenoxy) is 1. The zero-order chi connectivity index (χ0) is 16.1. The molecule has 0 saturated carbocycles. The fourth-order valence-corrected chi connectivity index (χ4v) is 2.77. The van der Waals surface area contributed by atoms with E-state index in [0.29, 0.717) is 6.61 Å². The zero-order valence-electron chi connectivity index (χ0n) is 13.6. The first-order valence-corrected chi connectivity index (χ1v) is 7.80. The maximum Gasteiger partial charge on any atom is 0.137 e. The highest BCUT2D eigenvalue weighted by Gasteiger charge is 2.12. The summed E-state index contributed by atoms with van der Waals surface area (Å²) in [5, 5.41) is 8.58. The van der Waals surface area contributed by atoms with Gasteiger partial charge in [0.2, 0.25) is 0 Å². The predicted octanol–water partition coefficient (Wildman–Crippen LogP) is 3.49. The van der Waals surface area contributed by atoms with Crippen molar-refractivity contribution in [1.82, 2.24) is 14.8 Å². The van der Waals surface area contributed by atoms with Crippen LogP contribution in [0.2, 0.25) is 0 Å². The smallest absolute Gasteiger partial charge is 0.137 e. The Hall–Kier alpha value is -2.46. The number of benzene rings is 2. The summed E-state index contributed by atoms with van der Waals surface area (Å²) in [5.74, 6) is 1.90. The minimum atomic E-state index is 0.659. The van der Waals surface area contributed by atoms with Gasteiger partial charge in [0.1, 0.15) is 11.6 Å². The fourth-order valence-electron chi connectivity index (χ4n) is 2.77. The molecule has 0 bridgehead atoms. The molecular formula is C19H21N3O. The molecule has 4 heteroatoms. The number of aryl methyl sites for hydroxylation is 1. The Balaban J connectivity index is 1.93. The van der Waals surface area contributed by atoms with E-state index >= 15 is 0 Å². The lowest BCUT2D eigenvalue weighted by atomic mass is 9.97. The van der Waals surface area contributed by atoms with Gasteiger partial charge in [0, 0.05) is 20.1 Å². The van der Waals surface area contributed by atoms with Crippen LogP contribution in [0.1, 0.15) is 17.2 Å². The normalized spacial score (nSPS) is 10.9. The van der Waals surface area contributed by atoms with Gasteiger partial charge in [-0.05, 0) is 23.6 Å². The SMILES string of the molecule is COCCn1c(C)nnc1Cc1ccccc1-c1ccccc1. The lowest BCUT2D eigenvalue weighted by Crippen LogP contribution is -2.10. The van der Waals surface area contributed by atoms with Crippen LogP contribution in [0.4, 0.5) is 0 Å². The van der Waals surface area contributed by atoms with Crippen molar-refractivity contribution in [3.63, 3.8) is 0 Å². The predicted molar refractivity (Wildman–Crippen MR) is 91.3 cm³/mol. The van der Waals surface area contributed by atoms with Crippen LogP contribution < -0.4 is 0 Å². The molecule has 4 nitrogen and oxygen atoms in total. The highest BCUT2D eigenvalue weighted by atomic mass is 16.5. The van der Waals surface area contributed by atoms with E-state index in [-0.39, 0.29) is 0 Å². The van der Waals surface area contributed by atoms with Crippen molar-refractivity contribution in [2.24, 2.45) is 0 Å². The van der Waals surface area contributed by atoms with E-state index in [0.717, 1.165) is 24.6 Å². The second-order valence-corrected chi connectivity index (χ2v) is 5.51. The molecule has 0 aliphatic heterocycles. The average Bonchev–Trinajstić information content (AvgIpc) is 2.94. The van der Waals surface area contributed by atoms with Gasteiger partial charge in [-0.3, -0.25) is 0 Å². The molecule has 0 radical (unpaired) electrons. The maximum atomic E-state index is 5.19. The number of hydrogen-bond acceptors (Lipinski definition) is 3. The van der Waals surface area contributed by atoms with Gasteiger partial charge in [0.15, 0.2) is 0 Å². The summed E-state index contributed by atoms with van der Waals surface area (Å²) in [6.45, 7) is 3.42. The van der Waals surface area contributed by atoms with E-state index in [1.807, 2.05) is 13.0 Å². The van der Waals surface area contributed by atoms with E-state index in [4.69, 9.17) is 4.74 Å². The van der Waals surface area contributed by atoms with E-state index in [1.165, 1.54) is 16.7 Å². The lowest BCUT2D eigenvalue weighted by Gasteiger charge is -2.11. The topological polar surface area (TPSA) is 39.9 Å². The summed E-state index contributed by atoms with van der Waals surface area (Å²) in [7, 11) is 1.71. The molecule has 3 aromatic rings. The third kappa shape index (κ3) is 3.48. The van der Waals surface area contributed by atoms with Crippen LogP contribution in [0.3, 0.4) is 0 Å². The van der Waals surface area contributed by atoms with Crippen molar-refractivity contribution in [1.29, 1.82) is 0 Å². The van der Waals surface area contributed by atoms with Crippen LogP contribution in [0, 0.1) is 6.92 Å². The molecule has 0 aliphatic rings. The second kappa shape index (κ2) is 7.20. The molecule has 1 aromatic heterocycles. The van der Waals surface area contributed by atoms with Gasteiger partial charge < -0.3 is 9.30 Å². The Labute approximate surface area is 136 Å². The molecule has 1 heterocycles. The van der Waals surface area contributed by atoms with Crippen molar-refractivity contribution in [2.45, 2.75) is 19.9 Å². The van der Waals surface area contributed by atoms with Crippen molar-refractivity contribution < 1.29 is 4.74 Å². The van der Waals surface area contributed by atoms with Gasteiger partial charge in [-0.25, -0.2) is 0 Å². The third-order valence-electron chi connectivity index (χ3n) is 3.98. The molecule has 118 valence electrons. The van der Waals surface area contributed by atoms with Crippen LogP contribution in [-0.4, -0.2) is 28.5 Å². The maximum absolute atomic E-state index is 5.19. The van der Waals surface area contributed by atoms with Crippen LogP contribution in [0.5, 0.6) is 0 Å². The minimum Gasteiger partial charge on any atom is -0.383 e. The number of hydrogen-bond donors (Lipinski definition) is 0. The Morgan fingerprint density at radius 3 is 2.48 bits per heavy atom. The number of aromatic nitrogens is 3. The first kappa shape index (κ1) is 15.4. The summed E-state index contributed by atoms with van der Waals surface area (Å²) in [6.07, 6.45) is 0.760. The molecule has 0 saturated heterocycles. The summed E-state index contributed by atoms with van der Waals surface area (Å²) in [6, 6.07) is 18.9. The van der Waals surface area contributed by atoms with Crippen molar-refractivity contribution in [3.8, 4) is 11.1 Å². The first-order chi connectivity index (χ1) is 11.3. The molecule has 23 heavy (non-hydrogen) atoms. The van der Waals surface area contributed by atoms with Crippen molar-refractivity contribution in [3.05, 3.63) is 71.8 Å². The second-order valence-electron chi connectivity index (χ2n) is 5.51. The summed E-state index contributed by atoms with van der Waals surface area (Å²) < 4.78 is 7.32. The van der Waals surface area contributed by atoms with Crippen molar-refractivity contribution >= 4 is 0 Å². The van der Waals surface area contributed by atoms with Gasteiger partial charge in [0.05, 0.1) is 6.61 Å². The highest BCUT2D eigenvalue weighted by molar-refractivity contribution is 5.67. The molecule has 0 N–H and O–H groups in total. The molecule has 0 fully saturated rings. The Morgan fingerprint density at radius 1 is 0.957 bits per heavy atom. The standard InChI is InChI=1S/C19H21N3O/c1-15-20-21-19(22(15)12-13-23-2)14-17-10-6-7-11-18(17)16-8-4-3-5-9-16/h3-11H,12-14H2,1-2H3. The fraction of sp³-hybridized carbons (Fsp3) is 0.263. The largest absolute Gasteiger partial charge is 0.383 e. The van der Waals surface area contributed by atoms with E-state index < -0.39 is 0 Å². The molecule has 0 spiro atoms. The summed E-state index contributed by atoms with van der Waals surface area (Å²) in [5.41, 5.74) is 3.72. The van der Waals surface area contributed by atoms with E-state index in [9.17, 15) is 0 Å².